The smallest absolute Gasteiger partial charge is 0.345 e. The lowest BCUT2D eigenvalue weighted by atomic mass is 10.1. The molecule has 0 radical (unpaired) electrons. The fourth-order valence-corrected chi connectivity index (χ4v) is 4.99. The van der Waals surface area contributed by atoms with Crippen LogP contribution in [0.2, 0.25) is 0 Å². The summed E-state index contributed by atoms with van der Waals surface area (Å²) in [6.45, 7) is 3.21. The summed E-state index contributed by atoms with van der Waals surface area (Å²) < 4.78 is 12.1. The molecule has 0 saturated carbocycles. The van der Waals surface area contributed by atoms with Gasteiger partial charge in [0.1, 0.15) is 23.7 Å². The number of pyridine rings is 1. The topological polar surface area (TPSA) is 100 Å². The lowest BCUT2D eigenvalue weighted by Gasteiger charge is -2.10. The molecule has 10 heteroatoms. The number of aliphatic hydroxyl groups is 3. The van der Waals surface area contributed by atoms with E-state index in [0.29, 0.717) is 5.56 Å². The third-order valence-corrected chi connectivity index (χ3v) is 7.17. The predicted octanol–water partition coefficient (Wildman–Crippen LogP) is 0.915. The minimum atomic E-state index is -1.21. The third-order valence-electron chi connectivity index (χ3n) is 3.39. The summed E-state index contributed by atoms with van der Waals surface area (Å²) in [6.07, 6.45) is 0.720. The van der Waals surface area contributed by atoms with Crippen molar-refractivity contribution in [2.45, 2.75) is 24.5 Å². The highest BCUT2D eigenvalue weighted by atomic mass is 33.5. The van der Waals surface area contributed by atoms with Crippen molar-refractivity contribution in [2.24, 2.45) is 0 Å². The number of aromatic nitrogens is 1. The molecule has 0 aliphatic carbocycles. The summed E-state index contributed by atoms with van der Waals surface area (Å²) in [5.74, 6) is 0.522. The monoisotopic (exact) mass is 406 g/mol. The van der Waals surface area contributed by atoms with Crippen molar-refractivity contribution in [3.05, 3.63) is 42.7 Å². The molecule has 0 bridgehead atoms. The molecule has 2 heterocycles. The summed E-state index contributed by atoms with van der Waals surface area (Å²) in [7, 11) is 4.52. The molecule has 138 valence electrons. The third kappa shape index (κ3) is 5.61. The zero-order valence-corrected chi connectivity index (χ0v) is 15.7. The van der Waals surface area contributed by atoms with Crippen molar-refractivity contribution in [1.29, 1.82) is 0 Å². The van der Waals surface area contributed by atoms with Gasteiger partial charge in [0.05, 0.1) is 6.61 Å². The van der Waals surface area contributed by atoms with Crippen LogP contribution in [0.3, 0.4) is 0 Å². The van der Waals surface area contributed by atoms with Gasteiger partial charge in [0.15, 0.2) is 18.5 Å². The number of nitrogens with zero attached hydrogens (tertiary/aromatic N) is 1. The van der Waals surface area contributed by atoms with Crippen LogP contribution >= 0.6 is 31.4 Å². The average molecular weight is 407 g/mol. The van der Waals surface area contributed by atoms with Crippen LogP contribution in [0, 0.1) is 0 Å². The molecule has 1 unspecified atom stereocenters. The van der Waals surface area contributed by atoms with E-state index in [1.165, 1.54) is 31.4 Å². The first-order valence-electron chi connectivity index (χ1n) is 7.40. The van der Waals surface area contributed by atoms with Crippen molar-refractivity contribution in [3.8, 4) is 0 Å². The first kappa shape index (κ1) is 20.6. The number of carbonyl (C=O) groups excluding carboxylic acids is 1. The van der Waals surface area contributed by atoms with Crippen LogP contribution in [0.4, 0.5) is 0 Å². The highest BCUT2D eigenvalue weighted by molar-refractivity contribution is 9.09. The Balaban J connectivity index is 1.92. The van der Waals surface area contributed by atoms with Crippen LogP contribution < -0.4 is 4.57 Å². The van der Waals surface area contributed by atoms with E-state index in [2.05, 4.69) is 6.58 Å². The maximum Gasteiger partial charge on any atom is 0.345 e. The van der Waals surface area contributed by atoms with Crippen LogP contribution in [-0.2, 0) is 9.47 Å². The van der Waals surface area contributed by atoms with Gasteiger partial charge in [0.25, 0.3) is 6.23 Å². The molecule has 0 spiro atoms. The molecule has 7 nitrogen and oxygen atoms in total. The number of hydrogen-bond donors (Lipinski definition) is 3. The maximum atomic E-state index is 12.1. The molecule has 2 rings (SSSR count). The van der Waals surface area contributed by atoms with Gasteiger partial charge in [-0.25, -0.2) is 4.79 Å². The van der Waals surface area contributed by atoms with Crippen molar-refractivity contribution >= 4 is 37.4 Å². The highest BCUT2D eigenvalue weighted by Crippen LogP contribution is 2.34. The SMILES string of the molecule is C=CCSSSCOC(=O)c1ccc[n+](C2O[C@H](CO)[C@@H](O)[C@H]2O)c1. The van der Waals surface area contributed by atoms with Crippen LogP contribution in [-0.4, -0.2) is 57.9 Å². The zero-order chi connectivity index (χ0) is 18.2. The number of ether oxygens (including phenoxy) is 2. The second kappa shape index (κ2) is 10.4. The maximum absolute atomic E-state index is 12.1. The van der Waals surface area contributed by atoms with Gasteiger partial charge in [0.2, 0.25) is 0 Å². The normalized spacial score (nSPS) is 25.7. The largest absolute Gasteiger partial charge is 0.450 e. The Morgan fingerprint density at radius 3 is 2.88 bits per heavy atom. The van der Waals surface area contributed by atoms with Crippen LogP contribution in [0.1, 0.15) is 16.6 Å². The van der Waals surface area contributed by atoms with Gasteiger partial charge in [-0.15, -0.1) is 6.58 Å². The van der Waals surface area contributed by atoms with Crippen molar-refractivity contribution in [2.75, 3.05) is 18.3 Å². The van der Waals surface area contributed by atoms with Gasteiger partial charge < -0.3 is 24.8 Å². The highest BCUT2D eigenvalue weighted by Gasteiger charge is 2.48. The van der Waals surface area contributed by atoms with Crippen molar-refractivity contribution in [1.82, 2.24) is 0 Å². The fourth-order valence-electron chi connectivity index (χ4n) is 2.19. The van der Waals surface area contributed by atoms with Crippen LogP contribution in [0.5, 0.6) is 0 Å². The number of hydrogen-bond acceptors (Lipinski definition) is 9. The molecule has 0 aromatic carbocycles. The minimum Gasteiger partial charge on any atom is -0.450 e. The number of carbonyl (C=O) groups is 1. The molecular formula is C15H20NO6S3+. The summed E-state index contributed by atoms with van der Waals surface area (Å²) in [5.41, 5.74) is 0.296. The molecule has 1 aliphatic rings. The first-order chi connectivity index (χ1) is 12.1. The standard InChI is InChI=1S/C15H20NO6S3/c1-2-6-23-25-24-9-21-15(20)10-4-3-5-16(7-10)14-13(19)12(18)11(8-17)22-14/h2-5,7,11-14,17-19H,1,6,8-9H2/q+1/t11-,12-,13-,14?/m1/s1. The van der Waals surface area contributed by atoms with Crippen LogP contribution in [0.25, 0.3) is 0 Å². The summed E-state index contributed by atoms with van der Waals surface area (Å²) in [5, 5.41) is 29.0. The van der Waals surface area contributed by atoms with Crippen molar-refractivity contribution in [3.63, 3.8) is 0 Å². The van der Waals surface area contributed by atoms with Gasteiger partial charge >= 0.3 is 5.97 Å². The molecule has 3 N–H and O–H groups in total. The van der Waals surface area contributed by atoms with E-state index >= 15 is 0 Å². The number of rotatable bonds is 9. The van der Waals surface area contributed by atoms with Gasteiger partial charge in [-0.1, -0.05) is 16.9 Å². The molecule has 0 amide bonds. The Morgan fingerprint density at radius 1 is 1.40 bits per heavy atom. The Kier molecular flexibility index (Phi) is 8.56. The quantitative estimate of drug-likeness (QED) is 0.138. The van der Waals surface area contributed by atoms with Crippen LogP contribution in [0.15, 0.2) is 37.2 Å². The summed E-state index contributed by atoms with van der Waals surface area (Å²) >= 11 is 0. The van der Waals surface area contributed by atoms with E-state index in [0.717, 1.165) is 5.75 Å². The molecule has 4 atom stereocenters. The molecule has 1 aromatic rings. The van der Waals surface area contributed by atoms with E-state index in [1.807, 2.05) is 0 Å². The van der Waals surface area contributed by atoms with Gasteiger partial charge in [-0.05, 0) is 26.7 Å². The van der Waals surface area contributed by atoms with Gasteiger partial charge in [-0.2, -0.15) is 4.57 Å². The lowest BCUT2D eigenvalue weighted by Crippen LogP contribution is -2.46. The number of aliphatic hydroxyl groups excluding tert-OH is 3. The van der Waals surface area contributed by atoms with Gasteiger partial charge in [-0.3, -0.25) is 0 Å². The Bertz CT molecular complexity index is 590. The number of esters is 1. The molecule has 1 aromatic heterocycles. The zero-order valence-electron chi connectivity index (χ0n) is 13.3. The van der Waals surface area contributed by atoms with E-state index in [-0.39, 0.29) is 5.94 Å². The van der Waals surface area contributed by atoms with E-state index in [9.17, 15) is 15.0 Å². The second-order valence-corrected chi connectivity index (χ2v) is 9.30. The average Bonchev–Trinajstić information content (AvgIpc) is 2.92. The molecule has 1 fully saturated rings. The summed E-state index contributed by atoms with van der Waals surface area (Å²) in [4.78, 5) is 12.1. The Hall–Kier alpha value is -0.750. The lowest BCUT2D eigenvalue weighted by molar-refractivity contribution is -0.765. The minimum absolute atomic E-state index is 0.205. The first-order valence-corrected chi connectivity index (χ1v) is 11.2. The second-order valence-electron chi connectivity index (χ2n) is 5.08. The van der Waals surface area contributed by atoms with E-state index < -0.39 is 37.1 Å². The molecule has 25 heavy (non-hydrogen) atoms. The van der Waals surface area contributed by atoms with E-state index in [4.69, 9.17) is 14.6 Å². The molecule has 1 saturated heterocycles. The predicted molar refractivity (Wildman–Crippen MR) is 97.8 cm³/mol. The molecular weight excluding hydrogens is 386 g/mol. The van der Waals surface area contributed by atoms with E-state index in [1.54, 1.807) is 35.2 Å². The van der Waals surface area contributed by atoms with Crippen molar-refractivity contribution < 1.29 is 34.2 Å². The van der Waals surface area contributed by atoms with Gasteiger partial charge in [0, 0.05) is 11.8 Å². The fraction of sp³-hybridized carbons (Fsp3) is 0.467. The molecule has 1 aliphatic heterocycles. The Morgan fingerprint density at radius 2 is 2.20 bits per heavy atom. The summed E-state index contributed by atoms with van der Waals surface area (Å²) in [6, 6.07) is 3.21. The Labute approximate surface area is 157 Å².